The van der Waals surface area contributed by atoms with Crippen LogP contribution in [0.2, 0.25) is 0 Å². The third kappa shape index (κ3) is 6.76. The number of rotatable bonds is 11. The molecule has 0 saturated heterocycles. The van der Waals surface area contributed by atoms with Crippen molar-refractivity contribution >= 4 is 21.6 Å². The molecule has 0 radical (unpaired) electrons. The molecule has 0 saturated carbocycles. The van der Waals surface area contributed by atoms with Crippen LogP contribution in [-0.4, -0.2) is 25.8 Å². The van der Waals surface area contributed by atoms with Crippen LogP contribution in [0.25, 0.3) is 20.8 Å². The summed E-state index contributed by atoms with van der Waals surface area (Å²) in [4.78, 5) is 18.3. The first kappa shape index (κ1) is 27.5. The molecule has 1 aliphatic heterocycles. The van der Waals surface area contributed by atoms with Crippen LogP contribution in [0.1, 0.15) is 58.9 Å². The Balaban J connectivity index is 1.68. The van der Waals surface area contributed by atoms with E-state index in [1.807, 2.05) is 18.2 Å². The Morgan fingerprint density at radius 1 is 0.944 bits per heavy atom. The van der Waals surface area contributed by atoms with E-state index in [4.69, 9.17) is 19.2 Å². The van der Waals surface area contributed by atoms with E-state index in [-0.39, 0.29) is 11.2 Å². The highest BCUT2D eigenvalue weighted by atomic mass is 32.1. The second-order valence-electron chi connectivity index (χ2n) is 9.31. The number of allylic oxidation sites excluding steroid dienone is 5. The molecule has 0 aromatic heterocycles. The van der Waals surface area contributed by atoms with Gasteiger partial charge in [0.2, 0.25) is 11.2 Å². The molecule has 36 heavy (non-hydrogen) atoms. The molecule has 1 aromatic rings. The van der Waals surface area contributed by atoms with Gasteiger partial charge in [-0.2, -0.15) is 0 Å². The summed E-state index contributed by atoms with van der Waals surface area (Å²) in [5.41, 5.74) is 6.03. The number of nitrogens with zero attached hydrogens (tertiary/aromatic N) is 1. The summed E-state index contributed by atoms with van der Waals surface area (Å²) in [6.07, 6.45) is 11.1. The summed E-state index contributed by atoms with van der Waals surface area (Å²) in [6, 6.07) is 5.84. The topological polar surface area (TPSA) is 57.7 Å². The van der Waals surface area contributed by atoms with Crippen molar-refractivity contribution in [1.82, 2.24) is 4.98 Å². The molecule has 0 N–H and O–H groups in total. The van der Waals surface area contributed by atoms with Crippen molar-refractivity contribution in [2.75, 3.05) is 20.8 Å². The van der Waals surface area contributed by atoms with E-state index in [1.54, 1.807) is 6.92 Å². The minimum absolute atomic E-state index is 0.176. The van der Waals surface area contributed by atoms with Gasteiger partial charge in [-0.25, -0.2) is 4.98 Å². The molecule has 0 bridgehead atoms. The van der Waals surface area contributed by atoms with Crippen LogP contribution in [0.5, 0.6) is 17.2 Å². The highest BCUT2D eigenvalue weighted by molar-refractivity contribution is 7.21. The second-order valence-corrected chi connectivity index (χ2v) is 10.4. The fourth-order valence-corrected chi connectivity index (χ4v) is 5.07. The van der Waals surface area contributed by atoms with Crippen molar-refractivity contribution in [3.8, 4) is 27.8 Å². The van der Waals surface area contributed by atoms with Gasteiger partial charge in [0.05, 0.1) is 29.3 Å². The predicted molar refractivity (Wildman–Crippen MR) is 151 cm³/mol. The predicted octanol–water partition coefficient (Wildman–Crippen LogP) is 7.88. The first-order chi connectivity index (χ1) is 17.2. The van der Waals surface area contributed by atoms with Crippen LogP contribution in [0.15, 0.2) is 57.9 Å². The van der Waals surface area contributed by atoms with Gasteiger partial charge in [0.25, 0.3) is 0 Å². The van der Waals surface area contributed by atoms with Crippen LogP contribution in [0, 0.1) is 6.92 Å². The number of benzene rings is 2. The molecule has 5 nitrogen and oxygen atoms in total. The molecule has 3 rings (SSSR count). The number of fused-ring (bicyclic) bond motifs is 2. The molecule has 0 fully saturated rings. The van der Waals surface area contributed by atoms with Crippen LogP contribution in [0.4, 0.5) is 0 Å². The SMILES string of the molecule is COc1c2nc3ccc(OCC=C(C)CCC=C(C)CCC=C(C)C)cc3sc-2c(C)c(=O)c1OC. The molecule has 0 unspecified atom stereocenters. The van der Waals surface area contributed by atoms with Gasteiger partial charge in [-0.15, -0.1) is 11.3 Å². The van der Waals surface area contributed by atoms with E-state index >= 15 is 0 Å². The fraction of sp³-hybridized carbons (Fsp3) is 0.400. The lowest BCUT2D eigenvalue weighted by Gasteiger charge is -2.16. The molecule has 0 amide bonds. The molecular formula is C30H37NO4S. The highest BCUT2D eigenvalue weighted by Gasteiger charge is 2.24. The smallest absolute Gasteiger partial charge is 0.228 e. The van der Waals surface area contributed by atoms with Crippen LogP contribution in [-0.2, 0) is 0 Å². The highest BCUT2D eigenvalue weighted by Crippen LogP contribution is 2.42. The molecule has 0 atom stereocenters. The van der Waals surface area contributed by atoms with Crippen molar-refractivity contribution in [1.29, 1.82) is 0 Å². The largest absolute Gasteiger partial charge is 0.491 e. The van der Waals surface area contributed by atoms with Crippen molar-refractivity contribution in [3.05, 3.63) is 68.9 Å². The van der Waals surface area contributed by atoms with Gasteiger partial charge < -0.3 is 14.2 Å². The third-order valence-electron chi connectivity index (χ3n) is 6.11. The average molecular weight is 508 g/mol. The summed E-state index contributed by atoms with van der Waals surface area (Å²) in [7, 11) is 3.00. The zero-order chi connectivity index (χ0) is 26.2. The molecule has 1 aromatic carbocycles. The van der Waals surface area contributed by atoms with Gasteiger partial charge in [-0.1, -0.05) is 28.9 Å². The minimum Gasteiger partial charge on any atom is -0.491 e. The van der Waals surface area contributed by atoms with Gasteiger partial charge >= 0.3 is 0 Å². The number of hydrogen-bond acceptors (Lipinski definition) is 6. The Kier molecular flexibility index (Phi) is 9.71. The lowest BCUT2D eigenvalue weighted by atomic mass is 10.1. The molecular weight excluding hydrogens is 470 g/mol. The Morgan fingerprint density at radius 2 is 1.61 bits per heavy atom. The van der Waals surface area contributed by atoms with E-state index in [0.29, 0.717) is 23.6 Å². The summed E-state index contributed by atoms with van der Waals surface area (Å²) < 4.78 is 17.7. The van der Waals surface area contributed by atoms with Gasteiger partial charge in [0, 0.05) is 5.56 Å². The first-order valence-corrected chi connectivity index (χ1v) is 13.1. The van der Waals surface area contributed by atoms with Crippen LogP contribution < -0.4 is 19.6 Å². The second kappa shape index (κ2) is 12.7. The number of methoxy groups -OCH3 is 2. The Morgan fingerprint density at radius 3 is 2.28 bits per heavy atom. The zero-order valence-corrected chi connectivity index (χ0v) is 23.3. The van der Waals surface area contributed by atoms with Crippen LogP contribution >= 0.6 is 11.3 Å². The molecule has 1 heterocycles. The van der Waals surface area contributed by atoms with Crippen molar-refractivity contribution in [2.45, 2.75) is 60.3 Å². The maximum atomic E-state index is 12.7. The van der Waals surface area contributed by atoms with Gasteiger partial charge in [0.15, 0.2) is 5.75 Å². The molecule has 0 spiro atoms. The lowest BCUT2D eigenvalue weighted by Crippen LogP contribution is -2.13. The summed E-state index contributed by atoms with van der Waals surface area (Å²) in [5, 5.41) is 0. The first-order valence-electron chi connectivity index (χ1n) is 12.3. The number of aromatic nitrogens is 1. The van der Waals surface area contributed by atoms with E-state index in [1.165, 1.54) is 42.3 Å². The standard InChI is InChI=1S/C30H37NO4S/c1-19(2)10-8-11-20(3)12-9-13-21(4)16-17-35-23-14-15-24-25(18-23)36-30-22(5)27(32)29(34-7)28(33-6)26(30)31-24/h10,12,14-16,18H,8-9,11,13,17H2,1-7H3. The Bertz CT molecular complexity index is 1330. The summed E-state index contributed by atoms with van der Waals surface area (Å²) >= 11 is 1.51. The Labute approximate surface area is 218 Å². The summed E-state index contributed by atoms with van der Waals surface area (Å²) in [5.74, 6) is 1.35. The normalized spacial score (nSPS) is 12.2. The number of ether oxygens (including phenoxy) is 3. The van der Waals surface area contributed by atoms with Crippen molar-refractivity contribution in [2.24, 2.45) is 0 Å². The number of hydrogen-bond donors (Lipinski definition) is 0. The maximum absolute atomic E-state index is 12.7. The average Bonchev–Trinajstić information content (AvgIpc) is 2.85. The summed E-state index contributed by atoms with van der Waals surface area (Å²) in [6.45, 7) is 11.0. The van der Waals surface area contributed by atoms with E-state index in [2.05, 4.69) is 45.9 Å². The van der Waals surface area contributed by atoms with Gasteiger partial charge in [-0.3, -0.25) is 4.79 Å². The molecule has 192 valence electrons. The van der Waals surface area contributed by atoms with Crippen molar-refractivity contribution < 1.29 is 14.2 Å². The van der Waals surface area contributed by atoms with E-state index in [9.17, 15) is 4.79 Å². The quantitative estimate of drug-likeness (QED) is 0.195. The van der Waals surface area contributed by atoms with Crippen LogP contribution in [0.3, 0.4) is 0 Å². The van der Waals surface area contributed by atoms with Gasteiger partial charge in [-0.05, 0) is 84.6 Å². The van der Waals surface area contributed by atoms with E-state index < -0.39 is 0 Å². The lowest BCUT2D eigenvalue weighted by molar-refractivity contribution is 0.352. The zero-order valence-electron chi connectivity index (χ0n) is 22.5. The van der Waals surface area contributed by atoms with Gasteiger partial charge in [0.1, 0.15) is 18.1 Å². The molecule has 6 heteroatoms. The van der Waals surface area contributed by atoms with E-state index in [0.717, 1.165) is 46.5 Å². The third-order valence-corrected chi connectivity index (χ3v) is 7.36. The molecule has 2 aliphatic rings. The minimum atomic E-state index is -0.176. The molecule has 1 aliphatic carbocycles. The Hall–Kier alpha value is -3.12. The maximum Gasteiger partial charge on any atom is 0.228 e. The van der Waals surface area contributed by atoms with Crippen molar-refractivity contribution in [3.63, 3.8) is 0 Å². The fourth-order valence-electron chi connectivity index (χ4n) is 3.97. The monoisotopic (exact) mass is 507 g/mol.